The average molecular weight is 511 g/mol. The summed E-state index contributed by atoms with van der Waals surface area (Å²) in [5.41, 5.74) is 4.63. The van der Waals surface area contributed by atoms with Gasteiger partial charge >= 0.3 is 0 Å². The van der Waals surface area contributed by atoms with Crippen LogP contribution in [0, 0.1) is 29.3 Å². The Bertz CT molecular complexity index is 1000. The van der Waals surface area contributed by atoms with Gasteiger partial charge in [-0.1, -0.05) is 32.1 Å². The molecule has 4 atom stereocenters. The monoisotopic (exact) mass is 510 g/mol. The normalized spacial score (nSPS) is 21.0. The van der Waals surface area contributed by atoms with Crippen LogP contribution in [0.15, 0.2) is 64.7 Å². The minimum absolute atomic E-state index is 0.0882. The number of halogens is 4. The molecule has 1 fully saturated rings. The summed E-state index contributed by atoms with van der Waals surface area (Å²) in [5.74, 6) is -5.27. The summed E-state index contributed by atoms with van der Waals surface area (Å²) >= 11 is 4.47. The van der Waals surface area contributed by atoms with Crippen LogP contribution >= 0.6 is 12.6 Å². The molecule has 3 unspecified atom stereocenters. The molecule has 2 rings (SSSR count). The lowest BCUT2D eigenvalue weighted by Gasteiger charge is -2.30. The Kier molecular flexibility index (Phi) is 11.4. The highest BCUT2D eigenvalue weighted by atomic mass is 32.1. The molecular formula is C28H34F4O2S. The first kappa shape index (κ1) is 29.0. The van der Waals surface area contributed by atoms with Gasteiger partial charge in [-0.3, -0.25) is 0 Å². The summed E-state index contributed by atoms with van der Waals surface area (Å²) in [6, 6.07) is 1.45. The molecule has 1 aliphatic rings. The highest BCUT2D eigenvalue weighted by molar-refractivity contribution is 7.81. The van der Waals surface area contributed by atoms with Crippen molar-refractivity contribution in [2.45, 2.75) is 58.8 Å². The quantitative estimate of drug-likeness (QED) is 0.119. The standard InChI is InChI=1S/C28H34F4O2S/c1-6-7-20(11-19(5)27-9-8-23(35)16-34-27)18(4)12-24(29)21(10-17(2)3)15-33-22-13-25(30)28(32)26(31)14-22/h6-7,11-14,18-19,23,27,35H,8-9,15-16H2,1-5H3/b7-6-,20-11+,24-12+/t18?,19-,23?,27?/m1/s1. The van der Waals surface area contributed by atoms with Gasteiger partial charge in [0.05, 0.1) is 18.3 Å². The summed E-state index contributed by atoms with van der Waals surface area (Å²) in [6.07, 6.45) is 9.41. The maximum Gasteiger partial charge on any atom is 0.194 e. The van der Waals surface area contributed by atoms with E-state index in [-0.39, 0.29) is 41.1 Å². The molecule has 0 N–H and O–H groups in total. The van der Waals surface area contributed by atoms with Crippen molar-refractivity contribution in [3.63, 3.8) is 0 Å². The number of thiol groups is 1. The smallest absolute Gasteiger partial charge is 0.194 e. The zero-order chi connectivity index (χ0) is 26.1. The predicted octanol–water partition coefficient (Wildman–Crippen LogP) is 8.08. The van der Waals surface area contributed by atoms with Crippen molar-refractivity contribution in [2.75, 3.05) is 13.2 Å². The van der Waals surface area contributed by atoms with Crippen LogP contribution in [-0.2, 0) is 4.74 Å². The molecule has 0 bridgehead atoms. The Morgan fingerprint density at radius 3 is 2.37 bits per heavy atom. The van der Waals surface area contributed by atoms with E-state index in [0.717, 1.165) is 30.5 Å². The fourth-order valence-corrected chi connectivity index (χ4v) is 4.02. The fourth-order valence-electron chi connectivity index (χ4n) is 3.79. The number of benzene rings is 1. The molecule has 1 heterocycles. The zero-order valence-electron chi connectivity index (χ0n) is 20.9. The Hall–Kier alpha value is -2.21. The van der Waals surface area contributed by atoms with Crippen LogP contribution in [-0.4, -0.2) is 24.6 Å². The second kappa shape index (κ2) is 13.8. The maximum absolute atomic E-state index is 15.3. The van der Waals surface area contributed by atoms with Gasteiger partial charge in [-0.05, 0) is 50.8 Å². The lowest BCUT2D eigenvalue weighted by atomic mass is 9.90. The topological polar surface area (TPSA) is 18.5 Å². The van der Waals surface area contributed by atoms with E-state index in [1.165, 1.54) is 6.08 Å². The first-order chi connectivity index (χ1) is 16.5. The molecule has 0 spiro atoms. The first-order valence-electron chi connectivity index (χ1n) is 11.7. The zero-order valence-corrected chi connectivity index (χ0v) is 21.8. The van der Waals surface area contributed by atoms with Crippen molar-refractivity contribution in [2.24, 2.45) is 11.8 Å². The third kappa shape index (κ3) is 9.06. The van der Waals surface area contributed by atoms with Gasteiger partial charge in [0.2, 0.25) is 0 Å². The van der Waals surface area contributed by atoms with Gasteiger partial charge in [0.1, 0.15) is 18.2 Å². The van der Waals surface area contributed by atoms with E-state index in [1.54, 1.807) is 13.8 Å². The average Bonchev–Trinajstić information content (AvgIpc) is 2.79. The van der Waals surface area contributed by atoms with E-state index >= 15 is 4.39 Å². The van der Waals surface area contributed by atoms with Gasteiger partial charge in [0.15, 0.2) is 17.5 Å². The number of rotatable bonds is 9. The fraction of sp³-hybridized carbons (Fsp3) is 0.464. The molecule has 0 amide bonds. The Morgan fingerprint density at radius 2 is 1.83 bits per heavy atom. The van der Waals surface area contributed by atoms with Crippen LogP contribution in [0.1, 0.15) is 47.5 Å². The Labute approximate surface area is 211 Å². The molecule has 35 heavy (non-hydrogen) atoms. The van der Waals surface area contributed by atoms with Gasteiger partial charge < -0.3 is 9.47 Å². The molecule has 2 nitrogen and oxygen atoms in total. The third-order valence-corrected chi connectivity index (χ3v) is 6.05. The van der Waals surface area contributed by atoms with Crippen molar-refractivity contribution in [1.82, 2.24) is 0 Å². The van der Waals surface area contributed by atoms with Crippen molar-refractivity contribution in [3.8, 4) is 5.75 Å². The van der Waals surface area contributed by atoms with Crippen LogP contribution in [0.25, 0.3) is 0 Å². The Morgan fingerprint density at radius 1 is 1.17 bits per heavy atom. The number of hydrogen-bond donors (Lipinski definition) is 1. The van der Waals surface area contributed by atoms with Crippen LogP contribution in [0.3, 0.4) is 0 Å². The molecule has 0 saturated carbocycles. The molecule has 0 radical (unpaired) electrons. The number of allylic oxidation sites excluding steroid dienone is 4. The molecule has 1 aliphatic heterocycles. The highest BCUT2D eigenvalue weighted by Crippen LogP contribution is 2.28. The van der Waals surface area contributed by atoms with E-state index in [0.29, 0.717) is 12.2 Å². The van der Waals surface area contributed by atoms with Gasteiger partial charge in [0, 0.05) is 29.2 Å². The Balaban J connectivity index is 2.23. The van der Waals surface area contributed by atoms with Crippen molar-refractivity contribution in [3.05, 3.63) is 82.2 Å². The van der Waals surface area contributed by atoms with Gasteiger partial charge in [-0.2, -0.15) is 12.6 Å². The molecule has 7 heteroatoms. The highest BCUT2D eigenvalue weighted by Gasteiger charge is 2.24. The van der Waals surface area contributed by atoms with Crippen LogP contribution in [0.5, 0.6) is 5.75 Å². The third-order valence-electron chi connectivity index (χ3n) is 5.64. The second-order valence-corrected chi connectivity index (χ2v) is 9.76. The van der Waals surface area contributed by atoms with E-state index in [1.807, 2.05) is 26.0 Å². The molecule has 1 aromatic rings. The van der Waals surface area contributed by atoms with Crippen LogP contribution < -0.4 is 4.74 Å². The lowest BCUT2D eigenvalue weighted by molar-refractivity contribution is -0.00128. The largest absolute Gasteiger partial charge is 0.488 e. The predicted molar refractivity (Wildman–Crippen MR) is 136 cm³/mol. The number of ether oxygens (including phenoxy) is 2. The molecule has 1 aromatic carbocycles. The summed E-state index contributed by atoms with van der Waals surface area (Å²) in [7, 11) is 0. The maximum atomic E-state index is 15.3. The van der Waals surface area contributed by atoms with Gasteiger partial charge in [-0.15, -0.1) is 5.73 Å². The van der Waals surface area contributed by atoms with Crippen LogP contribution in [0.2, 0.25) is 0 Å². The van der Waals surface area contributed by atoms with Gasteiger partial charge in [0.25, 0.3) is 0 Å². The van der Waals surface area contributed by atoms with Crippen LogP contribution in [0.4, 0.5) is 17.6 Å². The summed E-state index contributed by atoms with van der Waals surface area (Å²) in [6.45, 7) is 9.66. The van der Waals surface area contributed by atoms with E-state index in [9.17, 15) is 13.2 Å². The molecular weight excluding hydrogens is 476 g/mol. The molecule has 192 valence electrons. The summed E-state index contributed by atoms with van der Waals surface area (Å²) < 4.78 is 66.8. The number of hydrogen-bond acceptors (Lipinski definition) is 3. The summed E-state index contributed by atoms with van der Waals surface area (Å²) in [4.78, 5) is 0. The second-order valence-electron chi connectivity index (χ2n) is 9.03. The molecule has 0 aromatic heterocycles. The minimum atomic E-state index is -1.58. The summed E-state index contributed by atoms with van der Waals surface area (Å²) in [5, 5.41) is 0.263. The molecule has 1 saturated heterocycles. The SMILES string of the molecule is C/C=C\C(=C/[C@@H](C)C1CCC(S)CO1)C(C)/C=C(/F)C(=C=C(C)C)COc1cc(F)c(F)c(F)c1. The minimum Gasteiger partial charge on any atom is -0.488 e. The molecule has 0 aliphatic carbocycles. The first-order valence-corrected chi connectivity index (χ1v) is 12.3. The van der Waals surface area contributed by atoms with E-state index in [2.05, 4.69) is 31.4 Å². The van der Waals surface area contributed by atoms with Crippen molar-refractivity contribution in [1.29, 1.82) is 0 Å². The lowest BCUT2D eigenvalue weighted by Crippen LogP contribution is -2.30. The van der Waals surface area contributed by atoms with Gasteiger partial charge in [-0.25, -0.2) is 17.6 Å². The van der Waals surface area contributed by atoms with Crippen molar-refractivity contribution >= 4 is 12.6 Å². The van der Waals surface area contributed by atoms with Crippen molar-refractivity contribution < 1.29 is 27.0 Å². The van der Waals surface area contributed by atoms with E-state index < -0.39 is 23.3 Å². The van der Waals surface area contributed by atoms with E-state index in [4.69, 9.17) is 9.47 Å².